The Balaban J connectivity index is 1.26. The third kappa shape index (κ3) is 3.48. The van der Waals surface area contributed by atoms with E-state index < -0.39 is 0 Å². The Labute approximate surface area is 282 Å². The Hall–Kier alpha value is -5.34. The highest BCUT2D eigenvalue weighted by Gasteiger charge is 2.42. The second kappa shape index (κ2) is 9.17. The lowest BCUT2D eigenvalue weighted by molar-refractivity contribution is 0.476. The van der Waals surface area contributed by atoms with E-state index in [0.717, 1.165) is 22.9 Å². The summed E-state index contributed by atoms with van der Waals surface area (Å²) in [5, 5.41) is 5.13. The monoisotopic (exact) mass is 619 g/mol. The van der Waals surface area contributed by atoms with Crippen molar-refractivity contribution >= 4 is 38.6 Å². The van der Waals surface area contributed by atoms with Gasteiger partial charge in [0.2, 0.25) is 0 Å². The first-order valence-corrected chi connectivity index (χ1v) is 17.1. The molecule has 232 valence electrons. The quantitative estimate of drug-likeness (QED) is 0.181. The molecule has 0 aromatic heterocycles. The molecule has 0 N–H and O–H groups in total. The molecular weight excluding hydrogens is 583 g/mol. The Kier molecular flexibility index (Phi) is 5.30. The number of fused-ring (bicyclic) bond motifs is 12. The number of ether oxygens (including phenoxy) is 1. The van der Waals surface area contributed by atoms with Crippen molar-refractivity contribution < 1.29 is 4.74 Å². The van der Waals surface area contributed by atoms with Gasteiger partial charge in [0.15, 0.2) is 11.5 Å². The lowest BCUT2D eigenvalue weighted by Gasteiger charge is -2.36. The first kappa shape index (κ1) is 27.7. The van der Waals surface area contributed by atoms with Gasteiger partial charge in [0.25, 0.3) is 0 Å². The summed E-state index contributed by atoms with van der Waals surface area (Å²) in [6, 6.07) is 43.1. The van der Waals surface area contributed by atoms with Gasteiger partial charge < -0.3 is 9.64 Å². The normalized spacial score (nSPS) is 15.8. The van der Waals surface area contributed by atoms with Crippen LogP contribution in [0.25, 0.3) is 43.8 Å². The van der Waals surface area contributed by atoms with Crippen LogP contribution in [0.1, 0.15) is 61.1 Å². The molecule has 0 fully saturated rings. The van der Waals surface area contributed by atoms with E-state index in [-0.39, 0.29) is 10.8 Å². The molecule has 0 saturated heterocycles. The number of rotatable bonds is 1. The highest BCUT2D eigenvalue weighted by atomic mass is 16.5. The van der Waals surface area contributed by atoms with Crippen LogP contribution in [-0.4, -0.2) is 0 Å². The number of benzene rings is 7. The molecule has 3 aliphatic rings. The minimum absolute atomic E-state index is 0.152. The molecule has 7 aromatic rings. The van der Waals surface area contributed by atoms with Crippen molar-refractivity contribution in [2.45, 2.75) is 52.4 Å². The molecule has 1 heterocycles. The number of nitrogens with zero attached hydrogens (tertiary/aromatic N) is 1. The second-order valence-corrected chi connectivity index (χ2v) is 15.1. The van der Waals surface area contributed by atoms with Crippen molar-refractivity contribution in [3.63, 3.8) is 0 Å². The van der Waals surface area contributed by atoms with Crippen molar-refractivity contribution in [3.8, 4) is 33.8 Å². The zero-order valence-corrected chi connectivity index (χ0v) is 28.3. The lowest BCUT2D eigenvalue weighted by atomic mass is 9.81. The highest BCUT2D eigenvalue weighted by molar-refractivity contribution is 6.06. The van der Waals surface area contributed by atoms with Crippen LogP contribution < -0.4 is 9.64 Å². The van der Waals surface area contributed by atoms with E-state index in [0.29, 0.717) is 0 Å². The third-order valence-corrected chi connectivity index (χ3v) is 11.6. The van der Waals surface area contributed by atoms with Crippen LogP contribution in [0.2, 0.25) is 0 Å². The summed E-state index contributed by atoms with van der Waals surface area (Å²) in [4.78, 5) is 2.47. The molecule has 0 amide bonds. The number of hydrogen-bond donors (Lipinski definition) is 0. The van der Waals surface area contributed by atoms with Crippen molar-refractivity contribution in [1.29, 1.82) is 0 Å². The molecule has 0 radical (unpaired) electrons. The molecule has 2 nitrogen and oxygen atoms in total. The van der Waals surface area contributed by atoms with Gasteiger partial charge in [-0.2, -0.15) is 0 Å². The lowest BCUT2D eigenvalue weighted by Crippen LogP contribution is -2.21. The maximum Gasteiger partial charge on any atom is 0.152 e. The molecule has 0 saturated carbocycles. The van der Waals surface area contributed by atoms with Gasteiger partial charge in [0.1, 0.15) is 0 Å². The van der Waals surface area contributed by atoms with E-state index in [2.05, 4.69) is 162 Å². The van der Waals surface area contributed by atoms with Crippen LogP contribution in [0.3, 0.4) is 0 Å². The number of aryl methyl sites for hydroxylation is 2. The molecule has 0 spiro atoms. The van der Waals surface area contributed by atoms with Crippen molar-refractivity contribution in [3.05, 3.63) is 149 Å². The summed E-state index contributed by atoms with van der Waals surface area (Å²) in [6.45, 7) is 13.9. The standard InChI is InChI=1S/C46H37NO/c1-26-15-20-38(27(2)21-26)47-39-24-36-32(43-30-13-9-7-11-28(30)16-18-34(43)45(36,3)4)22-41(39)48-42-23-33-37(25-40(42)47)46(5,6)35-19-17-29-12-8-10-14-31(29)44(33)35/h7-25H,1-6H3. The first-order valence-electron chi connectivity index (χ1n) is 17.1. The summed E-state index contributed by atoms with van der Waals surface area (Å²) in [5.41, 5.74) is 16.2. The SMILES string of the molecule is Cc1ccc(N2c3cc4c(cc3Oc3cc5c(cc32)C(C)(C)c2ccc3ccccc3c2-5)-c2c(ccc3ccccc23)C4(C)C)c(C)c1. The molecule has 48 heavy (non-hydrogen) atoms. The molecule has 0 atom stereocenters. The Morgan fingerprint density at radius 3 is 1.48 bits per heavy atom. The van der Waals surface area contributed by atoms with E-state index in [4.69, 9.17) is 4.74 Å². The van der Waals surface area contributed by atoms with Gasteiger partial charge in [-0.15, -0.1) is 0 Å². The fourth-order valence-electron chi connectivity index (χ4n) is 9.12. The van der Waals surface area contributed by atoms with Crippen molar-refractivity contribution in [2.24, 2.45) is 0 Å². The average molecular weight is 620 g/mol. The molecule has 1 aliphatic heterocycles. The highest BCUT2D eigenvalue weighted by Crippen LogP contribution is 2.61. The smallest absolute Gasteiger partial charge is 0.152 e. The van der Waals surface area contributed by atoms with Crippen LogP contribution in [0.15, 0.2) is 115 Å². The van der Waals surface area contributed by atoms with Gasteiger partial charge >= 0.3 is 0 Å². The zero-order valence-electron chi connectivity index (χ0n) is 28.3. The summed E-state index contributed by atoms with van der Waals surface area (Å²) in [6.07, 6.45) is 0. The van der Waals surface area contributed by atoms with E-state index in [9.17, 15) is 0 Å². The predicted molar refractivity (Wildman–Crippen MR) is 201 cm³/mol. The van der Waals surface area contributed by atoms with Gasteiger partial charge in [-0.3, -0.25) is 0 Å². The van der Waals surface area contributed by atoms with E-state index >= 15 is 0 Å². The van der Waals surface area contributed by atoms with Gasteiger partial charge in [-0.25, -0.2) is 0 Å². The van der Waals surface area contributed by atoms with Gasteiger partial charge in [-0.1, -0.05) is 118 Å². The summed E-state index contributed by atoms with van der Waals surface area (Å²) < 4.78 is 7.09. The molecule has 2 heteroatoms. The Bertz CT molecular complexity index is 2420. The molecule has 10 rings (SSSR count). The van der Waals surface area contributed by atoms with E-state index in [1.807, 2.05) is 0 Å². The fourth-order valence-corrected chi connectivity index (χ4v) is 9.12. The topological polar surface area (TPSA) is 12.5 Å². The summed E-state index contributed by atoms with van der Waals surface area (Å²) in [7, 11) is 0. The minimum Gasteiger partial charge on any atom is -0.453 e. The van der Waals surface area contributed by atoms with Gasteiger partial charge in [0, 0.05) is 16.5 Å². The van der Waals surface area contributed by atoms with Crippen LogP contribution in [0.4, 0.5) is 17.1 Å². The predicted octanol–water partition coefficient (Wildman–Crippen LogP) is 12.8. The average Bonchev–Trinajstić information content (AvgIpc) is 3.44. The number of anilines is 3. The minimum atomic E-state index is -0.152. The number of hydrogen-bond acceptors (Lipinski definition) is 2. The van der Waals surface area contributed by atoms with E-state index in [1.165, 1.54) is 82.9 Å². The largest absolute Gasteiger partial charge is 0.453 e. The Morgan fingerprint density at radius 2 is 0.979 bits per heavy atom. The molecule has 7 aromatic carbocycles. The first-order chi connectivity index (χ1) is 23.1. The van der Waals surface area contributed by atoms with E-state index in [1.54, 1.807) is 0 Å². The third-order valence-electron chi connectivity index (χ3n) is 11.6. The molecule has 0 bridgehead atoms. The maximum absolute atomic E-state index is 7.09. The van der Waals surface area contributed by atoms with Gasteiger partial charge in [-0.05, 0) is 116 Å². The summed E-state index contributed by atoms with van der Waals surface area (Å²) >= 11 is 0. The molecule has 2 aliphatic carbocycles. The molecule has 0 unspecified atom stereocenters. The molecular formula is C46H37NO. The van der Waals surface area contributed by atoms with Gasteiger partial charge in [0.05, 0.1) is 11.4 Å². The fraction of sp³-hybridized carbons (Fsp3) is 0.174. The van der Waals surface area contributed by atoms with Crippen LogP contribution in [0, 0.1) is 13.8 Å². The van der Waals surface area contributed by atoms with Crippen molar-refractivity contribution in [2.75, 3.05) is 4.90 Å². The van der Waals surface area contributed by atoms with Crippen LogP contribution in [-0.2, 0) is 10.8 Å². The maximum atomic E-state index is 7.09. The second-order valence-electron chi connectivity index (χ2n) is 15.1. The summed E-state index contributed by atoms with van der Waals surface area (Å²) in [5.74, 6) is 1.79. The zero-order chi connectivity index (χ0) is 32.7. The van der Waals surface area contributed by atoms with Crippen molar-refractivity contribution in [1.82, 2.24) is 0 Å². The Morgan fingerprint density at radius 1 is 0.479 bits per heavy atom. The van der Waals surface area contributed by atoms with Crippen LogP contribution in [0.5, 0.6) is 11.5 Å². The van der Waals surface area contributed by atoms with Crippen LogP contribution >= 0.6 is 0 Å².